The van der Waals surface area contributed by atoms with Crippen LogP contribution in [0.15, 0.2) is 18.2 Å². The summed E-state index contributed by atoms with van der Waals surface area (Å²) in [6.45, 7) is 1.30. The summed E-state index contributed by atoms with van der Waals surface area (Å²) < 4.78 is 17.4. The van der Waals surface area contributed by atoms with Crippen LogP contribution in [-0.4, -0.2) is 25.4 Å². The molecule has 1 aromatic carbocycles. The third-order valence-electron chi connectivity index (χ3n) is 4.43. The average Bonchev–Trinajstić information content (AvgIpc) is 2.45. The molecule has 0 aromatic heterocycles. The minimum atomic E-state index is 0.110. The van der Waals surface area contributed by atoms with Crippen LogP contribution in [0.25, 0.3) is 0 Å². The highest BCUT2D eigenvalue weighted by molar-refractivity contribution is 5.38. The van der Waals surface area contributed by atoms with Crippen molar-refractivity contribution < 1.29 is 14.2 Å². The van der Waals surface area contributed by atoms with Gasteiger partial charge in [0.25, 0.3) is 0 Å². The van der Waals surface area contributed by atoms with Crippen molar-refractivity contribution in [2.24, 2.45) is 5.73 Å². The van der Waals surface area contributed by atoms with E-state index in [1.807, 2.05) is 18.2 Å². The predicted octanol–water partition coefficient (Wildman–Crippen LogP) is 2.63. The first-order valence-electron chi connectivity index (χ1n) is 7.42. The maximum Gasteiger partial charge on any atom is 0.123 e. The monoisotopic (exact) mass is 277 g/mol. The van der Waals surface area contributed by atoms with Crippen molar-refractivity contribution in [2.45, 2.75) is 50.4 Å². The van der Waals surface area contributed by atoms with Crippen LogP contribution in [0.1, 0.15) is 37.7 Å². The van der Waals surface area contributed by atoms with E-state index in [2.05, 4.69) is 0 Å². The summed E-state index contributed by atoms with van der Waals surface area (Å²) in [5, 5.41) is 0. The lowest BCUT2D eigenvalue weighted by molar-refractivity contribution is -0.153. The van der Waals surface area contributed by atoms with Crippen LogP contribution in [0.5, 0.6) is 11.5 Å². The lowest BCUT2D eigenvalue weighted by Crippen LogP contribution is -2.48. The number of methoxy groups -OCH3 is 1. The maximum atomic E-state index is 6.16. The first-order valence-corrected chi connectivity index (χ1v) is 7.42. The Bertz CT molecular complexity index is 449. The van der Waals surface area contributed by atoms with Gasteiger partial charge in [0.15, 0.2) is 0 Å². The van der Waals surface area contributed by atoms with Gasteiger partial charge in [0.05, 0.1) is 19.3 Å². The van der Waals surface area contributed by atoms with Gasteiger partial charge in [0, 0.05) is 25.5 Å². The van der Waals surface area contributed by atoms with Gasteiger partial charge < -0.3 is 19.9 Å². The zero-order valence-corrected chi connectivity index (χ0v) is 12.1. The van der Waals surface area contributed by atoms with Gasteiger partial charge in [-0.05, 0) is 37.0 Å². The number of benzene rings is 1. The second-order valence-electron chi connectivity index (χ2n) is 5.84. The molecule has 2 N–H and O–H groups in total. The summed E-state index contributed by atoms with van der Waals surface area (Å²) in [7, 11) is 1.66. The summed E-state index contributed by atoms with van der Waals surface area (Å²) >= 11 is 0. The Balaban J connectivity index is 1.70. The molecule has 1 saturated heterocycles. The first kappa shape index (κ1) is 13.7. The molecule has 1 aromatic rings. The molecule has 0 radical (unpaired) electrons. The molecule has 2 aliphatic rings. The molecule has 110 valence electrons. The Kier molecular flexibility index (Phi) is 3.85. The van der Waals surface area contributed by atoms with Gasteiger partial charge in [-0.2, -0.15) is 0 Å². The summed E-state index contributed by atoms with van der Waals surface area (Å²) in [6.07, 6.45) is 5.84. The first-order chi connectivity index (χ1) is 9.73. The van der Waals surface area contributed by atoms with Crippen LogP contribution in [0.3, 0.4) is 0 Å². The number of hydrogen-bond acceptors (Lipinski definition) is 4. The van der Waals surface area contributed by atoms with E-state index in [4.69, 9.17) is 19.9 Å². The molecule has 4 heteroatoms. The Morgan fingerprint density at radius 3 is 2.75 bits per heavy atom. The van der Waals surface area contributed by atoms with E-state index in [1.54, 1.807) is 7.11 Å². The smallest absolute Gasteiger partial charge is 0.123 e. The fourth-order valence-corrected chi connectivity index (χ4v) is 3.13. The molecular weight excluding hydrogens is 254 g/mol. The molecule has 4 nitrogen and oxygen atoms in total. The van der Waals surface area contributed by atoms with Gasteiger partial charge in [-0.15, -0.1) is 0 Å². The molecule has 1 saturated carbocycles. The normalized spacial score (nSPS) is 24.2. The Morgan fingerprint density at radius 1 is 1.30 bits per heavy atom. The standard InChI is InChI=1S/C16H23NO3/c1-18-14-7-12(11-17)8-15(9-14)20-13-3-6-19-16(10-13)4-2-5-16/h7-9,13H,2-6,10-11,17H2,1H3. The van der Waals surface area contributed by atoms with Crippen LogP contribution < -0.4 is 15.2 Å². The molecular formula is C16H23NO3. The minimum absolute atomic E-state index is 0.110. The number of nitrogens with two attached hydrogens (primary N) is 1. The molecule has 1 heterocycles. The quantitative estimate of drug-likeness (QED) is 0.919. The lowest BCUT2D eigenvalue weighted by atomic mass is 9.74. The largest absolute Gasteiger partial charge is 0.497 e. The summed E-state index contributed by atoms with van der Waals surface area (Å²) in [4.78, 5) is 0. The van der Waals surface area contributed by atoms with E-state index in [1.165, 1.54) is 19.3 Å². The molecule has 0 bridgehead atoms. The van der Waals surface area contributed by atoms with Gasteiger partial charge in [-0.25, -0.2) is 0 Å². The highest BCUT2D eigenvalue weighted by atomic mass is 16.5. The van der Waals surface area contributed by atoms with Crippen molar-refractivity contribution in [3.05, 3.63) is 23.8 Å². The molecule has 1 spiro atoms. The van der Waals surface area contributed by atoms with Crippen molar-refractivity contribution in [1.29, 1.82) is 0 Å². The van der Waals surface area contributed by atoms with E-state index in [-0.39, 0.29) is 11.7 Å². The average molecular weight is 277 g/mol. The fraction of sp³-hybridized carbons (Fsp3) is 0.625. The van der Waals surface area contributed by atoms with E-state index in [0.29, 0.717) is 6.54 Å². The SMILES string of the molecule is COc1cc(CN)cc(OC2CCOC3(CCC3)C2)c1. The van der Waals surface area contributed by atoms with E-state index < -0.39 is 0 Å². The minimum Gasteiger partial charge on any atom is -0.497 e. The molecule has 1 atom stereocenters. The van der Waals surface area contributed by atoms with E-state index >= 15 is 0 Å². The van der Waals surface area contributed by atoms with Gasteiger partial charge in [-0.3, -0.25) is 0 Å². The van der Waals surface area contributed by atoms with E-state index in [9.17, 15) is 0 Å². The van der Waals surface area contributed by atoms with Gasteiger partial charge >= 0.3 is 0 Å². The molecule has 2 fully saturated rings. The second-order valence-corrected chi connectivity index (χ2v) is 5.84. The van der Waals surface area contributed by atoms with Crippen LogP contribution in [0, 0.1) is 0 Å². The molecule has 1 aliphatic carbocycles. The Morgan fingerprint density at radius 2 is 2.10 bits per heavy atom. The molecule has 20 heavy (non-hydrogen) atoms. The van der Waals surface area contributed by atoms with Crippen molar-refractivity contribution >= 4 is 0 Å². The third kappa shape index (κ3) is 2.76. The topological polar surface area (TPSA) is 53.7 Å². The maximum absolute atomic E-state index is 6.16. The van der Waals surface area contributed by atoms with Crippen molar-refractivity contribution in [3.63, 3.8) is 0 Å². The fourth-order valence-electron chi connectivity index (χ4n) is 3.13. The summed E-state index contributed by atoms with van der Waals surface area (Å²) in [6, 6.07) is 5.89. The third-order valence-corrected chi connectivity index (χ3v) is 4.43. The Labute approximate surface area is 120 Å². The van der Waals surface area contributed by atoms with Crippen molar-refractivity contribution in [2.75, 3.05) is 13.7 Å². The summed E-state index contributed by atoms with van der Waals surface area (Å²) in [5.74, 6) is 1.65. The molecule has 0 amide bonds. The van der Waals surface area contributed by atoms with Crippen molar-refractivity contribution in [3.8, 4) is 11.5 Å². The zero-order chi connectivity index (χ0) is 14.0. The van der Waals surface area contributed by atoms with Crippen LogP contribution >= 0.6 is 0 Å². The van der Waals surface area contributed by atoms with Gasteiger partial charge in [-0.1, -0.05) is 0 Å². The second kappa shape index (κ2) is 5.62. The van der Waals surface area contributed by atoms with Crippen LogP contribution in [0.4, 0.5) is 0 Å². The number of ether oxygens (including phenoxy) is 3. The predicted molar refractivity (Wildman–Crippen MR) is 77.1 cm³/mol. The Hall–Kier alpha value is -1.26. The molecule has 1 unspecified atom stereocenters. The van der Waals surface area contributed by atoms with Crippen LogP contribution in [0.2, 0.25) is 0 Å². The number of hydrogen-bond donors (Lipinski definition) is 1. The molecule has 1 aliphatic heterocycles. The molecule has 3 rings (SSSR count). The number of rotatable bonds is 4. The summed E-state index contributed by atoms with van der Waals surface area (Å²) in [5.41, 5.74) is 6.86. The van der Waals surface area contributed by atoms with E-state index in [0.717, 1.165) is 36.5 Å². The van der Waals surface area contributed by atoms with Gasteiger partial charge in [0.2, 0.25) is 0 Å². The highest BCUT2D eigenvalue weighted by Gasteiger charge is 2.43. The van der Waals surface area contributed by atoms with Crippen LogP contribution in [-0.2, 0) is 11.3 Å². The highest BCUT2D eigenvalue weighted by Crippen LogP contribution is 2.43. The lowest BCUT2D eigenvalue weighted by Gasteiger charge is -2.46. The van der Waals surface area contributed by atoms with Crippen molar-refractivity contribution in [1.82, 2.24) is 0 Å². The zero-order valence-electron chi connectivity index (χ0n) is 12.1. The van der Waals surface area contributed by atoms with Gasteiger partial charge in [0.1, 0.15) is 17.6 Å².